The van der Waals surface area contributed by atoms with E-state index in [9.17, 15) is 14.4 Å². The van der Waals surface area contributed by atoms with Gasteiger partial charge in [-0.2, -0.15) is 4.68 Å². The second-order valence-corrected chi connectivity index (χ2v) is 11.3. The van der Waals surface area contributed by atoms with Crippen molar-refractivity contribution in [2.45, 2.75) is 59.2 Å². The van der Waals surface area contributed by atoms with Gasteiger partial charge in [0.15, 0.2) is 5.82 Å². The van der Waals surface area contributed by atoms with Crippen LogP contribution in [0.1, 0.15) is 63.2 Å². The third-order valence-electron chi connectivity index (χ3n) is 6.89. The summed E-state index contributed by atoms with van der Waals surface area (Å²) < 4.78 is 26.9. The van der Waals surface area contributed by atoms with Gasteiger partial charge < -0.3 is 24.6 Å². The minimum absolute atomic E-state index is 0.0446. The molecular weight excluding hydrogens is 507 g/mol. The SMILES string of the molecule is CCOC(=O)n1nc(NC(=O)c2ccc(N3CCN(C)CC3)c(F)c2)c2c1C(C)(C)N(C(=O)OC(C)(C)C)C2. The molecule has 0 spiro atoms. The maximum absolute atomic E-state index is 15.0. The number of halogens is 1. The second-order valence-electron chi connectivity index (χ2n) is 11.3. The lowest BCUT2D eigenvalue weighted by Crippen LogP contribution is -2.44. The van der Waals surface area contributed by atoms with Crippen LogP contribution in [0.2, 0.25) is 0 Å². The highest BCUT2D eigenvalue weighted by Crippen LogP contribution is 2.43. The monoisotopic (exact) mass is 544 g/mol. The van der Waals surface area contributed by atoms with Crippen LogP contribution in [0, 0.1) is 5.82 Å². The number of ether oxygens (including phenoxy) is 2. The maximum Gasteiger partial charge on any atom is 0.435 e. The van der Waals surface area contributed by atoms with Gasteiger partial charge in [-0.15, -0.1) is 5.10 Å². The van der Waals surface area contributed by atoms with E-state index in [-0.39, 0.29) is 24.5 Å². The first-order chi connectivity index (χ1) is 18.2. The Hall–Kier alpha value is -3.67. The van der Waals surface area contributed by atoms with Gasteiger partial charge in [0, 0.05) is 37.3 Å². The predicted molar refractivity (Wildman–Crippen MR) is 144 cm³/mol. The van der Waals surface area contributed by atoms with Gasteiger partial charge in [0.25, 0.3) is 5.91 Å². The molecule has 0 saturated carbocycles. The third-order valence-corrected chi connectivity index (χ3v) is 6.89. The van der Waals surface area contributed by atoms with Crippen molar-refractivity contribution in [3.63, 3.8) is 0 Å². The number of likely N-dealkylation sites (N-methyl/N-ethyl adjacent to an activating group) is 1. The molecule has 2 aliphatic rings. The number of carbonyl (C=O) groups is 3. The summed E-state index contributed by atoms with van der Waals surface area (Å²) >= 11 is 0. The first-order valence-electron chi connectivity index (χ1n) is 13.1. The summed E-state index contributed by atoms with van der Waals surface area (Å²) in [4.78, 5) is 44.6. The number of fused-ring (bicyclic) bond motifs is 1. The Labute approximate surface area is 227 Å². The van der Waals surface area contributed by atoms with Crippen molar-refractivity contribution in [3.05, 3.63) is 40.8 Å². The van der Waals surface area contributed by atoms with Gasteiger partial charge in [-0.3, -0.25) is 9.69 Å². The molecule has 2 aromatic rings. The van der Waals surface area contributed by atoms with Gasteiger partial charge in [0.1, 0.15) is 11.4 Å². The summed E-state index contributed by atoms with van der Waals surface area (Å²) in [7, 11) is 2.02. The van der Waals surface area contributed by atoms with E-state index in [1.165, 1.54) is 11.0 Å². The Kier molecular flexibility index (Phi) is 7.61. The summed E-state index contributed by atoms with van der Waals surface area (Å²) in [5.41, 5.74) is -0.308. The number of aromatic nitrogens is 2. The van der Waals surface area contributed by atoms with E-state index >= 15 is 4.39 Å². The number of piperazine rings is 1. The van der Waals surface area contributed by atoms with Crippen molar-refractivity contribution >= 4 is 29.6 Å². The Balaban J connectivity index is 1.62. The number of nitrogens with zero attached hydrogens (tertiary/aromatic N) is 5. The van der Waals surface area contributed by atoms with Crippen LogP contribution in [0.3, 0.4) is 0 Å². The zero-order valence-electron chi connectivity index (χ0n) is 23.6. The second kappa shape index (κ2) is 10.5. The summed E-state index contributed by atoms with van der Waals surface area (Å²) in [5, 5.41) is 7.03. The molecule has 11 nitrogen and oxygen atoms in total. The Bertz CT molecular complexity index is 1280. The maximum atomic E-state index is 15.0. The molecule has 1 N–H and O–H groups in total. The lowest BCUT2D eigenvalue weighted by molar-refractivity contribution is 0.00387. The zero-order valence-corrected chi connectivity index (χ0v) is 23.6. The number of carbonyl (C=O) groups excluding carboxylic acids is 3. The van der Waals surface area contributed by atoms with Crippen LogP contribution >= 0.6 is 0 Å². The zero-order chi connectivity index (χ0) is 28.7. The third kappa shape index (κ3) is 5.70. The van der Waals surface area contributed by atoms with Crippen LogP contribution in [0.4, 0.5) is 25.5 Å². The summed E-state index contributed by atoms with van der Waals surface area (Å²) in [6.45, 7) is 13.7. The van der Waals surface area contributed by atoms with Crippen molar-refractivity contribution < 1.29 is 28.2 Å². The Morgan fingerprint density at radius 3 is 2.36 bits per heavy atom. The number of hydrogen-bond donors (Lipinski definition) is 1. The van der Waals surface area contributed by atoms with Crippen LogP contribution in [-0.2, 0) is 21.6 Å². The smallest absolute Gasteiger partial charge is 0.435 e. The Morgan fingerprint density at radius 2 is 1.77 bits per heavy atom. The fourth-order valence-electron chi connectivity index (χ4n) is 4.87. The molecule has 1 aromatic heterocycles. The number of hydrogen-bond acceptors (Lipinski definition) is 8. The lowest BCUT2D eigenvalue weighted by atomic mass is 10.0. The minimum Gasteiger partial charge on any atom is -0.448 e. The molecule has 3 heterocycles. The number of amides is 2. The van der Waals surface area contributed by atoms with Gasteiger partial charge >= 0.3 is 12.2 Å². The van der Waals surface area contributed by atoms with Gasteiger partial charge in [-0.05, 0) is 66.8 Å². The highest BCUT2D eigenvalue weighted by atomic mass is 19.1. The number of nitrogens with one attached hydrogen (secondary N) is 1. The van der Waals surface area contributed by atoms with Crippen LogP contribution in [-0.4, -0.2) is 83.1 Å². The fraction of sp³-hybridized carbons (Fsp3) is 0.556. The van der Waals surface area contributed by atoms with Crippen molar-refractivity contribution in [1.82, 2.24) is 19.6 Å². The first-order valence-corrected chi connectivity index (χ1v) is 13.1. The highest BCUT2D eigenvalue weighted by molar-refractivity contribution is 6.04. The molecule has 1 saturated heterocycles. The average molecular weight is 545 g/mol. The first kappa shape index (κ1) is 28.3. The molecule has 0 radical (unpaired) electrons. The standard InChI is InChI=1S/C27H37FN6O5/c1-8-38-25(37)34-21-18(16-33(27(21,5)6)24(36)39-26(2,3)4)22(30-34)29-23(35)17-9-10-20(19(28)15-17)32-13-11-31(7)12-14-32/h9-10,15H,8,11-14,16H2,1-7H3,(H,29,30,35). The van der Waals surface area contributed by atoms with Crippen LogP contribution in [0.25, 0.3) is 0 Å². The summed E-state index contributed by atoms with van der Waals surface area (Å²) in [6.07, 6.45) is -1.31. The van der Waals surface area contributed by atoms with Crippen molar-refractivity contribution in [2.75, 3.05) is 50.1 Å². The summed E-state index contributed by atoms with van der Waals surface area (Å²) in [5.74, 6) is -0.999. The predicted octanol–water partition coefficient (Wildman–Crippen LogP) is 4.02. The molecule has 0 atom stereocenters. The summed E-state index contributed by atoms with van der Waals surface area (Å²) in [6, 6.07) is 4.36. The van der Waals surface area contributed by atoms with Crippen LogP contribution in [0.5, 0.6) is 0 Å². The molecule has 0 bridgehead atoms. The average Bonchev–Trinajstić information content (AvgIpc) is 3.34. The van der Waals surface area contributed by atoms with Crippen molar-refractivity contribution in [3.8, 4) is 0 Å². The topological polar surface area (TPSA) is 109 Å². The minimum atomic E-state index is -1.00. The number of anilines is 2. The largest absolute Gasteiger partial charge is 0.448 e. The molecule has 12 heteroatoms. The van der Waals surface area contributed by atoms with Crippen molar-refractivity contribution in [1.29, 1.82) is 0 Å². The van der Waals surface area contributed by atoms with Crippen LogP contribution < -0.4 is 10.2 Å². The van der Waals surface area contributed by atoms with Gasteiger partial charge in [0.2, 0.25) is 0 Å². The molecule has 2 amide bonds. The van der Waals surface area contributed by atoms with E-state index in [1.54, 1.807) is 53.7 Å². The molecule has 1 aromatic carbocycles. The van der Waals surface area contributed by atoms with E-state index in [4.69, 9.17) is 9.47 Å². The van der Waals surface area contributed by atoms with Gasteiger partial charge in [-0.25, -0.2) is 14.0 Å². The number of rotatable bonds is 4. The molecule has 0 unspecified atom stereocenters. The molecule has 4 rings (SSSR count). The normalized spacial score (nSPS) is 17.1. The molecular formula is C27H37FN6O5. The highest BCUT2D eigenvalue weighted by Gasteiger charge is 2.48. The fourth-order valence-corrected chi connectivity index (χ4v) is 4.87. The quantitative estimate of drug-likeness (QED) is 0.615. The molecule has 0 aliphatic carbocycles. The number of benzene rings is 1. The van der Waals surface area contributed by atoms with Gasteiger partial charge in [0.05, 0.1) is 30.1 Å². The van der Waals surface area contributed by atoms with Gasteiger partial charge in [-0.1, -0.05) is 0 Å². The molecule has 1 fully saturated rings. The van der Waals surface area contributed by atoms with E-state index in [0.717, 1.165) is 17.8 Å². The van der Waals surface area contributed by atoms with E-state index in [2.05, 4.69) is 15.3 Å². The van der Waals surface area contributed by atoms with E-state index < -0.39 is 35.1 Å². The Morgan fingerprint density at radius 1 is 1.10 bits per heavy atom. The molecule has 39 heavy (non-hydrogen) atoms. The van der Waals surface area contributed by atoms with E-state index in [1.807, 2.05) is 11.9 Å². The van der Waals surface area contributed by atoms with Crippen LogP contribution in [0.15, 0.2) is 18.2 Å². The molecule has 212 valence electrons. The van der Waals surface area contributed by atoms with E-state index in [0.29, 0.717) is 30.0 Å². The molecule has 2 aliphatic heterocycles. The lowest BCUT2D eigenvalue weighted by Gasteiger charge is -2.34. The van der Waals surface area contributed by atoms with Crippen molar-refractivity contribution in [2.24, 2.45) is 0 Å².